The lowest BCUT2D eigenvalue weighted by Gasteiger charge is -2.34. The summed E-state index contributed by atoms with van der Waals surface area (Å²) in [6, 6.07) is 19.9. The number of methoxy groups -OCH3 is 2. The Labute approximate surface area is 214 Å². The molecule has 0 aliphatic heterocycles. The zero-order valence-corrected chi connectivity index (χ0v) is 22.4. The number of pyridine rings is 1. The average molecular weight is 488 g/mol. The smallest absolute Gasteiger partial charge is 0.181 e. The summed E-state index contributed by atoms with van der Waals surface area (Å²) in [7, 11) is 3.34. The Morgan fingerprint density at radius 3 is 2.28 bits per heavy atom. The first-order valence-corrected chi connectivity index (χ1v) is 12.3. The third-order valence-corrected chi connectivity index (χ3v) is 5.94. The van der Waals surface area contributed by atoms with Crippen LogP contribution in [-0.4, -0.2) is 29.1 Å². The number of imidazole rings is 1. The summed E-state index contributed by atoms with van der Waals surface area (Å²) in [6.07, 6.45) is 2.98. The highest BCUT2D eigenvalue weighted by Gasteiger charge is 2.29. The van der Waals surface area contributed by atoms with Gasteiger partial charge in [0.05, 0.1) is 14.2 Å². The van der Waals surface area contributed by atoms with Crippen LogP contribution in [0.3, 0.4) is 0 Å². The van der Waals surface area contributed by atoms with Crippen LogP contribution in [0.4, 0.5) is 5.82 Å². The Balaban J connectivity index is 1.86. The highest BCUT2D eigenvalue weighted by atomic mass is 16.5. The summed E-state index contributed by atoms with van der Waals surface area (Å²) in [5.74, 6) is 3.06. The van der Waals surface area contributed by atoms with Gasteiger partial charge in [-0.3, -0.25) is 4.40 Å². The number of hydrogen-bond acceptors (Lipinski definition) is 5. The van der Waals surface area contributed by atoms with Crippen molar-refractivity contribution in [1.29, 1.82) is 0 Å². The number of anilines is 1. The maximum absolute atomic E-state index is 6.25. The molecule has 0 atom stereocenters. The fourth-order valence-corrected chi connectivity index (χ4v) is 4.89. The number of ether oxygens (including phenoxy) is 3. The van der Waals surface area contributed by atoms with E-state index in [1.54, 1.807) is 14.2 Å². The molecule has 36 heavy (non-hydrogen) atoms. The lowest BCUT2D eigenvalue weighted by molar-refractivity contribution is 0.301. The molecule has 0 amide bonds. The maximum atomic E-state index is 6.25. The van der Waals surface area contributed by atoms with Gasteiger partial charge in [-0.05, 0) is 61.6 Å². The SMILES string of the molecule is COc1ccc(OC)c(-c2nc3c(OCc4ccccc4)cccn3c2NC(C)(C)CC(C)(C)C)c1. The minimum absolute atomic E-state index is 0.148. The Morgan fingerprint density at radius 2 is 1.61 bits per heavy atom. The van der Waals surface area contributed by atoms with E-state index in [9.17, 15) is 0 Å². The summed E-state index contributed by atoms with van der Waals surface area (Å²) in [5, 5.41) is 3.80. The summed E-state index contributed by atoms with van der Waals surface area (Å²) in [5.41, 5.74) is 3.42. The number of fused-ring (bicyclic) bond motifs is 1. The molecular formula is C30H37N3O3. The summed E-state index contributed by atoms with van der Waals surface area (Å²) >= 11 is 0. The van der Waals surface area contributed by atoms with Crippen molar-refractivity contribution in [3.05, 3.63) is 72.4 Å². The molecule has 0 bridgehead atoms. The first-order valence-electron chi connectivity index (χ1n) is 12.3. The minimum atomic E-state index is -0.198. The second kappa shape index (κ2) is 10.1. The molecule has 0 saturated carbocycles. The second-order valence-corrected chi connectivity index (χ2v) is 11.0. The van der Waals surface area contributed by atoms with Gasteiger partial charge < -0.3 is 19.5 Å². The van der Waals surface area contributed by atoms with Crippen molar-refractivity contribution < 1.29 is 14.2 Å². The monoisotopic (exact) mass is 487 g/mol. The van der Waals surface area contributed by atoms with E-state index < -0.39 is 0 Å². The third-order valence-electron chi connectivity index (χ3n) is 5.94. The number of nitrogens with zero attached hydrogens (tertiary/aromatic N) is 2. The molecule has 0 aliphatic carbocycles. The lowest BCUT2D eigenvalue weighted by Crippen LogP contribution is -2.36. The molecule has 2 aromatic carbocycles. The van der Waals surface area contributed by atoms with Gasteiger partial charge in [0.2, 0.25) is 0 Å². The van der Waals surface area contributed by atoms with Crippen LogP contribution in [-0.2, 0) is 6.61 Å². The van der Waals surface area contributed by atoms with Gasteiger partial charge in [-0.1, -0.05) is 51.1 Å². The quantitative estimate of drug-likeness (QED) is 0.270. The van der Waals surface area contributed by atoms with Crippen molar-refractivity contribution in [2.75, 3.05) is 19.5 Å². The van der Waals surface area contributed by atoms with Gasteiger partial charge in [-0.25, -0.2) is 4.98 Å². The highest BCUT2D eigenvalue weighted by Crippen LogP contribution is 2.41. The van der Waals surface area contributed by atoms with Crippen LogP contribution >= 0.6 is 0 Å². The lowest BCUT2D eigenvalue weighted by atomic mass is 9.82. The highest BCUT2D eigenvalue weighted by molar-refractivity contribution is 5.82. The van der Waals surface area contributed by atoms with Crippen molar-refractivity contribution in [3.8, 4) is 28.5 Å². The van der Waals surface area contributed by atoms with Gasteiger partial charge in [0, 0.05) is 17.3 Å². The standard InChI is InChI=1S/C30H37N3O3/c1-29(2,3)20-30(4,5)32-28-26(23-18-22(34-6)15-16-24(23)35-7)31-27-25(14-11-17-33(27)28)36-19-21-12-9-8-10-13-21/h8-18,32H,19-20H2,1-7H3. The summed E-state index contributed by atoms with van der Waals surface area (Å²) in [4.78, 5) is 5.10. The third kappa shape index (κ3) is 5.76. The predicted molar refractivity (Wildman–Crippen MR) is 146 cm³/mol. The average Bonchev–Trinajstić information content (AvgIpc) is 3.19. The van der Waals surface area contributed by atoms with E-state index in [1.807, 2.05) is 54.7 Å². The Bertz CT molecular complexity index is 1320. The van der Waals surface area contributed by atoms with E-state index in [0.29, 0.717) is 12.4 Å². The van der Waals surface area contributed by atoms with Crippen molar-refractivity contribution in [2.45, 2.75) is 53.2 Å². The molecule has 190 valence electrons. The molecule has 4 rings (SSSR count). The molecule has 1 N–H and O–H groups in total. The van der Waals surface area contributed by atoms with Crippen LogP contribution in [0.5, 0.6) is 17.2 Å². The van der Waals surface area contributed by atoms with E-state index >= 15 is 0 Å². The molecule has 4 aromatic rings. The molecule has 0 unspecified atom stereocenters. The zero-order chi connectivity index (χ0) is 25.9. The number of benzene rings is 2. The molecule has 0 spiro atoms. The van der Waals surface area contributed by atoms with E-state index in [-0.39, 0.29) is 11.0 Å². The molecule has 0 fully saturated rings. The van der Waals surface area contributed by atoms with Gasteiger partial charge >= 0.3 is 0 Å². The van der Waals surface area contributed by atoms with Gasteiger partial charge in [-0.2, -0.15) is 0 Å². The van der Waals surface area contributed by atoms with Gasteiger partial charge in [-0.15, -0.1) is 0 Å². The van der Waals surface area contributed by atoms with Crippen molar-refractivity contribution in [2.24, 2.45) is 5.41 Å². The van der Waals surface area contributed by atoms with Crippen LogP contribution in [0, 0.1) is 5.41 Å². The van der Waals surface area contributed by atoms with Gasteiger partial charge in [0.1, 0.15) is 29.6 Å². The Morgan fingerprint density at radius 1 is 0.861 bits per heavy atom. The fourth-order valence-electron chi connectivity index (χ4n) is 4.89. The molecule has 2 aromatic heterocycles. The Kier molecular flexibility index (Phi) is 7.16. The van der Waals surface area contributed by atoms with Crippen molar-refractivity contribution >= 4 is 11.5 Å². The van der Waals surface area contributed by atoms with Gasteiger partial charge in [0.15, 0.2) is 11.4 Å². The summed E-state index contributed by atoms with van der Waals surface area (Å²) < 4.78 is 19.6. The molecule has 0 aliphatic rings. The zero-order valence-electron chi connectivity index (χ0n) is 22.4. The largest absolute Gasteiger partial charge is 0.497 e. The van der Waals surface area contributed by atoms with Gasteiger partial charge in [0.25, 0.3) is 0 Å². The molecule has 6 nitrogen and oxygen atoms in total. The van der Waals surface area contributed by atoms with E-state index in [0.717, 1.165) is 46.2 Å². The fraction of sp³-hybridized carbons (Fsp3) is 0.367. The van der Waals surface area contributed by atoms with Crippen LogP contribution in [0.2, 0.25) is 0 Å². The second-order valence-electron chi connectivity index (χ2n) is 11.0. The van der Waals surface area contributed by atoms with Crippen molar-refractivity contribution in [3.63, 3.8) is 0 Å². The summed E-state index contributed by atoms with van der Waals surface area (Å²) in [6.45, 7) is 11.7. The topological polar surface area (TPSA) is 57.0 Å². The van der Waals surface area contributed by atoms with Crippen LogP contribution in [0.25, 0.3) is 16.9 Å². The predicted octanol–water partition coefficient (Wildman–Crippen LogP) is 7.22. The van der Waals surface area contributed by atoms with Crippen LogP contribution < -0.4 is 19.5 Å². The number of hydrogen-bond donors (Lipinski definition) is 1. The number of rotatable bonds is 9. The molecule has 2 heterocycles. The Hall–Kier alpha value is -3.67. The van der Waals surface area contributed by atoms with E-state index in [1.165, 1.54) is 0 Å². The molecule has 0 saturated heterocycles. The van der Waals surface area contributed by atoms with Crippen LogP contribution in [0.1, 0.15) is 46.6 Å². The van der Waals surface area contributed by atoms with E-state index in [2.05, 4.69) is 56.5 Å². The van der Waals surface area contributed by atoms with Crippen molar-refractivity contribution in [1.82, 2.24) is 9.38 Å². The first kappa shape index (κ1) is 25.4. The minimum Gasteiger partial charge on any atom is -0.497 e. The maximum Gasteiger partial charge on any atom is 0.181 e. The van der Waals surface area contributed by atoms with Crippen LogP contribution in [0.15, 0.2) is 66.9 Å². The first-order chi connectivity index (χ1) is 17.1. The van der Waals surface area contributed by atoms with E-state index in [4.69, 9.17) is 19.2 Å². The molecular weight excluding hydrogens is 450 g/mol. The molecule has 6 heteroatoms. The normalized spacial score (nSPS) is 12.0. The number of aromatic nitrogens is 2. The number of nitrogens with one attached hydrogen (secondary N) is 1. The molecule has 0 radical (unpaired) electrons.